The number of aryl methyl sites for hydroxylation is 2. The summed E-state index contributed by atoms with van der Waals surface area (Å²) in [5.74, 6) is 0.941. The van der Waals surface area contributed by atoms with E-state index in [1.54, 1.807) is 6.92 Å². The molecular weight excluding hydrogens is 314 g/mol. The van der Waals surface area contributed by atoms with Gasteiger partial charge < -0.3 is 4.74 Å². The summed E-state index contributed by atoms with van der Waals surface area (Å²) in [6.07, 6.45) is 2.46. The summed E-state index contributed by atoms with van der Waals surface area (Å²) < 4.78 is 5.99. The zero-order chi connectivity index (χ0) is 18.0. The maximum Gasteiger partial charge on any atom is 0.250 e. The number of ether oxygens (including phenoxy) is 1. The van der Waals surface area contributed by atoms with Crippen molar-refractivity contribution in [2.24, 2.45) is 0 Å². The highest BCUT2D eigenvalue weighted by molar-refractivity contribution is 5.92. The maximum atomic E-state index is 12.1. The first kappa shape index (κ1) is 17.5. The van der Waals surface area contributed by atoms with Gasteiger partial charge in [-0.1, -0.05) is 42.8 Å². The van der Waals surface area contributed by atoms with E-state index >= 15 is 0 Å². The average Bonchev–Trinajstić information content (AvgIpc) is 3.44. The van der Waals surface area contributed by atoms with Crippen molar-refractivity contribution in [2.75, 3.05) is 5.06 Å². The summed E-state index contributed by atoms with van der Waals surface area (Å²) in [6, 6.07) is 11.9. The van der Waals surface area contributed by atoms with Crippen LogP contribution in [0, 0.1) is 13.8 Å². The van der Waals surface area contributed by atoms with Crippen molar-refractivity contribution in [1.29, 1.82) is 0 Å². The van der Waals surface area contributed by atoms with E-state index in [0.29, 0.717) is 18.2 Å². The Balaban J connectivity index is 1.89. The van der Waals surface area contributed by atoms with Gasteiger partial charge in [0.25, 0.3) is 0 Å². The van der Waals surface area contributed by atoms with Crippen molar-refractivity contribution in [1.82, 2.24) is 0 Å². The Morgan fingerprint density at radius 1 is 1.24 bits per heavy atom. The molecule has 1 saturated carbocycles. The van der Waals surface area contributed by atoms with Crippen molar-refractivity contribution in [3.63, 3.8) is 0 Å². The first-order chi connectivity index (χ1) is 12.0. The number of anilines is 1. The molecule has 0 saturated heterocycles. The minimum atomic E-state index is -0.305. The fourth-order valence-electron chi connectivity index (χ4n) is 3.10. The highest BCUT2D eigenvalue weighted by atomic mass is 16.5. The third kappa shape index (κ3) is 3.85. The lowest BCUT2D eigenvalue weighted by Crippen LogP contribution is -2.28. The normalized spacial score (nSPS) is 13.6. The second-order valence-electron chi connectivity index (χ2n) is 6.75. The van der Waals surface area contributed by atoms with Gasteiger partial charge in [-0.3, -0.25) is 10.0 Å². The van der Waals surface area contributed by atoms with Crippen LogP contribution in [0.1, 0.15) is 54.4 Å². The van der Waals surface area contributed by atoms with Gasteiger partial charge in [-0.15, -0.1) is 0 Å². The molecule has 2 aromatic carbocycles. The summed E-state index contributed by atoms with van der Waals surface area (Å²) in [7, 11) is 0. The van der Waals surface area contributed by atoms with Crippen LogP contribution < -0.4 is 9.80 Å². The Morgan fingerprint density at radius 2 is 2.00 bits per heavy atom. The van der Waals surface area contributed by atoms with Crippen LogP contribution in [0.3, 0.4) is 0 Å². The summed E-state index contributed by atoms with van der Waals surface area (Å²) in [5, 5.41) is 11.3. The molecule has 1 fully saturated rings. The van der Waals surface area contributed by atoms with E-state index in [4.69, 9.17) is 4.74 Å². The van der Waals surface area contributed by atoms with Gasteiger partial charge >= 0.3 is 0 Å². The van der Waals surface area contributed by atoms with E-state index in [9.17, 15) is 10.0 Å². The molecule has 1 aliphatic carbocycles. The Kier molecular flexibility index (Phi) is 5.09. The van der Waals surface area contributed by atoms with Crippen LogP contribution in [0.25, 0.3) is 0 Å². The number of hydroxylamine groups is 1. The number of hydrogen-bond acceptors (Lipinski definition) is 3. The van der Waals surface area contributed by atoms with Gasteiger partial charge in [-0.05, 0) is 49.8 Å². The zero-order valence-electron chi connectivity index (χ0n) is 15.1. The number of carbonyl (C=O) groups is 1. The number of benzene rings is 2. The fourth-order valence-corrected chi connectivity index (χ4v) is 3.10. The fraction of sp³-hybridized carbons (Fsp3) is 0.381. The molecule has 1 aliphatic rings. The standard InChI is InChI=1S/C21H25NO3/c1-4-20(23)22(24)21-17(6-5-7-18(21)16-9-10-16)13-25-19-11-8-14(2)12-15(19)3/h5-8,11-12,16,24H,4,9-10,13H2,1-3H3. The SMILES string of the molecule is CCC(=O)N(O)c1c(COc2ccc(C)cc2C)cccc1C1CC1. The number of rotatable bonds is 6. The molecule has 1 N–H and O–H groups in total. The smallest absolute Gasteiger partial charge is 0.250 e. The van der Waals surface area contributed by atoms with Crippen LogP contribution in [0.15, 0.2) is 36.4 Å². The summed E-state index contributed by atoms with van der Waals surface area (Å²) in [6.45, 7) is 6.13. The minimum Gasteiger partial charge on any atom is -0.489 e. The number of hydrogen-bond donors (Lipinski definition) is 1. The van der Waals surface area contributed by atoms with Gasteiger partial charge in [0, 0.05) is 12.0 Å². The Bertz CT molecular complexity index is 781. The van der Waals surface area contributed by atoms with Crippen molar-refractivity contribution in [3.8, 4) is 5.75 Å². The molecule has 25 heavy (non-hydrogen) atoms. The molecule has 4 nitrogen and oxygen atoms in total. The molecule has 132 valence electrons. The van der Waals surface area contributed by atoms with Crippen LogP contribution in [0.4, 0.5) is 5.69 Å². The van der Waals surface area contributed by atoms with Gasteiger partial charge in [-0.2, -0.15) is 5.06 Å². The van der Waals surface area contributed by atoms with E-state index in [0.717, 1.165) is 40.3 Å². The molecule has 3 rings (SSSR count). The molecule has 0 radical (unpaired) electrons. The van der Waals surface area contributed by atoms with Crippen molar-refractivity contribution in [3.05, 3.63) is 58.7 Å². The zero-order valence-corrected chi connectivity index (χ0v) is 15.1. The second kappa shape index (κ2) is 7.28. The highest BCUT2D eigenvalue weighted by Gasteiger charge is 2.30. The van der Waals surface area contributed by atoms with Gasteiger partial charge in [-0.25, -0.2) is 0 Å². The van der Waals surface area contributed by atoms with E-state index in [1.807, 2.05) is 44.2 Å². The van der Waals surface area contributed by atoms with Crippen LogP contribution in [-0.4, -0.2) is 11.1 Å². The van der Waals surface area contributed by atoms with E-state index in [-0.39, 0.29) is 12.3 Å². The predicted molar refractivity (Wildman–Crippen MR) is 98.2 cm³/mol. The quantitative estimate of drug-likeness (QED) is 0.602. The third-order valence-electron chi connectivity index (χ3n) is 4.63. The van der Waals surface area contributed by atoms with Crippen molar-refractivity contribution in [2.45, 2.75) is 52.6 Å². The lowest BCUT2D eigenvalue weighted by atomic mass is 10.0. The Morgan fingerprint density at radius 3 is 2.64 bits per heavy atom. The molecule has 0 heterocycles. The maximum absolute atomic E-state index is 12.1. The van der Waals surface area contributed by atoms with E-state index in [1.165, 1.54) is 5.56 Å². The molecule has 0 aromatic heterocycles. The van der Waals surface area contributed by atoms with Gasteiger partial charge in [0.2, 0.25) is 5.91 Å². The monoisotopic (exact) mass is 339 g/mol. The molecule has 0 spiro atoms. The largest absolute Gasteiger partial charge is 0.489 e. The lowest BCUT2D eigenvalue weighted by molar-refractivity contribution is -0.123. The summed E-state index contributed by atoms with van der Waals surface area (Å²) in [5.41, 5.74) is 4.73. The van der Waals surface area contributed by atoms with E-state index < -0.39 is 0 Å². The summed E-state index contributed by atoms with van der Waals surface area (Å²) >= 11 is 0. The number of nitrogens with zero attached hydrogens (tertiary/aromatic N) is 1. The topological polar surface area (TPSA) is 49.8 Å². The molecule has 0 atom stereocenters. The predicted octanol–water partition coefficient (Wildman–Crippen LogP) is 4.89. The molecule has 0 unspecified atom stereocenters. The molecule has 1 amide bonds. The Hall–Kier alpha value is -2.33. The number of amides is 1. The van der Waals surface area contributed by atoms with Crippen LogP contribution >= 0.6 is 0 Å². The molecular formula is C21H25NO3. The van der Waals surface area contributed by atoms with Crippen molar-refractivity contribution < 1.29 is 14.7 Å². The average molecular weight is 339 g/mol. The molecule has 0 aliphatic heterocycles. The van der Waals surface area contributed by atoms with Gasteiger partial charge in [0.15, 0.2) is 0 Å². The van der Waals surface area contributed by atoms with Crippen LogP contribution in [0.5, 0.6) is 5.75 Å². The van der Waals surface area contributed by atoms with Gasteiger partial charge in [0.1, 0.15) is 12.4 Å². The second-order valence-corrected chi connectivity index (χ2v) is 6.75. The van der Waals surface area contributed by atoms with Crippen LogP contribution in [0.2, 0.25) is 0 Å². The van der Waals surface area contributed by atoms with Crippen LogP contribution in [-0.2, 0) is 11.4 Å². The van der Waals surface area contributed by atoms with Crippen molar-refractivity contribution >= 4 is 11.6 Å². The van der Waals surface area contributed by atoms with Gasteiger partial charge in [0.05, 0.1) is 5.69 Å². The summed E-state index contributed by atoms with van der Waals surface area (Å²) in [4.78, 5) is 12.1. The molecule has 4 heteroatoms. The molecule has 0 bridgehead atoms. The van der Waals surface area contributed by atoms with E-state index in [2.05, 4.69) is 6.07 Å². The highest BCUT2D eigenvalue weighted by Crippen LogP contribution is 2.45. The number of para-hydroxylation sites is 1. The number of carbonyl (C=O) groups excluding carboxylic acids is 1. The lowest BCUT2D eigenvalue weighted by Gasteiger charge is -2.22. The third-order valence-corrected chi connectivity index (χ3v) is 4.63. The molecule has 2 aromatic rings. The first-order valence-electron chi connectivity index (χ1n) is 8.85. The minimum absolute atomic E-state index is 0.257. The Labute approximate surface area is 149 Å². The first-order valence-corrected chi connectivity index (χ1v) is 8.85.